The summed E-state index contributed by atoms with van der Waals surface area (Å²) >= 11 is 0. The largest absolute Gasteiger partial charge is 0.493 e. The van der Waals surface area contributed by atoms with Gasteiger partial charge in [0.1, 0.15) is 5.75 Å². The van der Waals surface area contributed by atoms with E-state index in [1.54, 1.807) is 0 Å². The van der Waals surface area contributed by atoms with Crippen molar-refractivity contribution in [2.75, 3.05) is 13.2 Å². The summed E-state index contributed by atoms with van der Waals surface area (Å²) in [6.45, 7) is 5.77. The fraction of sp³-hybridized carbons (Fsp3) is 0.806. The summed E-state index contributed by atoms with van der Waals surface area (Å²) in [5, 5.41) is 8.91. The van der Waals surface area contributed by atoms with Gasteiger partial charge in [-0.25, -0.2) is 0 Å². The number of rotatable bonds is 24. The molecule has 192 valence electrons. The second-order valence-corrected chi connectivity index (χ2v) is 10.2. The predicted octanol–water partition coefficient (Wildman–Crippen LogP) is 9.67. The van der Waals surface area contributed by atoms with Gasteiger partial charge in [-0.3, -0.25) is 0 Å². The molecule has 1 rings (SSSR count). The van der Waals surface area contributed by atoms with Crippen LogP contribution < -0.4 is 4.74 Å². The Balaban J connectivity index is 2.32. The predicted molar refractivity (Wildman–Crippen MR) is 145 cm³/mol. The maximum absolute atomic E-state index is 8.91. The van der Waals surface area contributed by atoms with E-state index in [0.717, 1.165) is 38.0 Å². The third-order valence-electron chi connectivity index (χ3n) is 6.96. The second kappa shape index (κ2) is 22.8. The molecule has 1 unspecified atom stereocenters. The van der Waals surface area contributed by atoms with Gasteiger partial charge >= 0.3 is 0 Å². The molecule has 0 saturated heterocycles. The van der Waals surface area contributed by atoms with Crippen molar-refractivity contribution in [3.05, 3.63) is 29.8 Å². The zero-order valence-electron chi connectivity index (χ0n) is 22.3. The lowest BCUT2D eigenvalue weighted by molar-refractivity contribution is 0.224. The molecule has 1 aromatic rings. The van der Waals surface area contributed by atoms with E-state index in [4.69, 9.17) is 9.84 Å². The Morgan fingerprint density at radius 2 is 1.09 bits per heavy atom. The van der Waals surface area contributed by atoms with Crippen molar-refractivity contribution >= 4 is 0 Å². The Bertz CT molecular complexity index is 510. The van der Waals surface area contributed by atoms with Gasteiger partial charge < -0.3 is 9.84 Å². The van der Waals surface area contributed by atoms with Crippen LogP contribution in [0, 0.1) is 5.92 Å². The maximum atomic E-state index is 8.91. The topological polar surface area (TPSA) is 29.5 Å². The smallest absolute Gasteiger partial charge is 0.119 e. The van der Waals surface area contributed by atoms with Crippen molar-refractivity contribution in [3.8, 4) is 5.75 Å². The van der Waals surface area contributed by atoms with E-state index in [1.165, 1.54) is 108 Å². The van der Waals surface area contributed by atoms with Crippen LogP contribution in [0.3, 0.4) is 0 Å². The number of hydrogen-bond acceptors (Lipinski definition) is 2. The molecule has 0 aliphatic carbocycles. The Hall–Kier alpha value is -1.02. The van der Waals surface area contributed by atoms with Gasteiger partial charge in [-0.05, 0) is 55.7 Å². The minimum absolute atomic E-state index is 0.311. The van der Waals surface area contributed by atoms with Crippen molar-refractivity contribution in [2.45, 2.75) is 142 Å². The summed E-state index contributed by atoms with van der Waals surface area (Å²) in [4.78, 5) is 0. The molecule has 0 amide bonds. The molecule has 1 atom stereocenters. The molecule has 2 heteroatoms. The number of aliphatic hydroxyl groups is 1. The van der Waals surface area contributed by atoms with Crippen molar-refractivity contribution < 1.29 is 9.84 Å². The van der Waals surface area contributed by atoms with Crippen LogP contribution in [0.5, 0.6) is 5.75 Å². The molecule has 0 aliphatic rings. The van der Waals surface area contributed by atoms with Crippen LogP contribution in [0.25, 0.3) is 0 Å². The molecular weight excluding hydrogens is 404 g/mol. The average molecular weight is 461 g/mol. The molecule has 1 aromatic carbocycles. The molecule has 0 aliphatic heterocycles. The van der Waals surface area contributed by atoms with E-state index in [2.05, 4.69) is 38.1 Å². The van der Waals surface area contributed by atoms with Crippen molar-refractivity contribution in [2.24, 2.45) is 5.92 Å². The zero-order chi connectivity index (χ0) is 23.8. The Morgan fingerprint density at radius 1 is 0.606 bits per heavy atom. The maximum Gasteiger partial charge on any atom is 0.119 e. The third kappa shape index (κ3) is 18.0. The third-order valence-corrected chi connectivity index (χ3v) is 6.96. The molecule has 0 radical (unpaired) electrons. The fourth-order valence-electron chi connectivity index (χ4n) is 4.68. The van der Waals surface area contributed by atoms with Crippen LogP contribution in [0.1, 0.15) is 141 Å². The first-order valence-electron chi connectivity index (χ1n) is 14.6. The van der Waals surface area contributed by atoms with Crippen LogP contribution >= 0.6 is 0 Å². The van der Waals surface area contributed by atoms with E-state index >= 15 is 0 Å². The summed E-state index contributed by atoms with van der Waals surface area (Å²) < 4.78 is 6.25. The van der Waals surface area contributed by atoms with Crippen molar-refractivity contribution in [3.63, 3.8) is 0 Å². The summed E-state index contributed by atoms with van der Waals surface area (Å²) in [6, 6.07) is 8.74. The number of ether oxygens (including phenoxy) is 1. The first kappa shape index (κ1) is 30.0. The molecule has 1 N–H and O–H groups in total. The van der Waals surface area contributed by atoms with Gasteiger partial charge in [-0.1, -0.05) is 122 Å². The highest BCUT2D eigenvalue weighted by Gasteiger charge is 2.10. The highest BCUT2D eigenvalue weighted by molar-refractivity contribution is 5.27. The monoisotopic (exact) mass is 460 g/mol. The fourth-order valence-corrected chi connectivity index (χ4v) is 4.68. The van der Waals surface area contributed by atoms with E-state index in [9.17, 15) is 0 Å². The van der Waals surface area contributed by atoms with Gasteiger partial charge in [0, 0.05) is 6.61 Å². The minimum atomic E-state index is 0.311. The number of aliphatic hydroxyl groups excluding tert-OH is 1. The van der Waals surface area contributed by atoms with E-state index in [0.29, 0.717) is 12.5 Å². The van der Waals surface area contributed by atoms with Gasteiger partial charge in [-0.15, -0.1) is 0 Å². The Kier molecular flexibility index (Phi) is 20.7. The van der Waals surface area contributed by atoms with E-state index in [1.807, 2.05) is 0 Å². The number of unbranched alkanes of at least 4 members (excludes halogenated alkanes) is 14. The van der Waals surface area contributed by atoms with Gasteiger partial charge in [-0.2, -0.15) is 0 Å². The molecule has 0 bridgehead atoms. The lowest BCUT2D eigenvalue weighted by Gasteiger charge is -2.18. The SMILES string of the molecule is CCCCCCCCCCC(CCCCCCCC)COc1ccc(CCCCCO)cc1. The van der Waals surface area contributed by atoms with Crippen LogP contribution in [0.4, 0.5) is 0 Å². The molecule has 0 spiro atoms. The minimum Gasteiger partial charge on any atom is -0.493 e. The Labute approximate surface area is 206 Å². The van der Waals surface area contributed by atoms with Crippen molar-refractivity contribution in [1.82, 2.24) is 0 Å². The summed E-state index contributed by atoms with van der Waals surface area (Å²) in [6.07, 6.45) is 26.4. The molecular formula is C31H56O2. The first-order chi connectivity index (χ1) is 16.3. The average Bonchev–Trinajstić information content (AvgIpc) is 2.84. The standard InChI is InChI=1S/C31H56O2/c1-3-5-7-9-11-12-14-17-22-30(21-16-13-10-8-6-4-2)28-33-31-25-23-29(24-26-31)20-18-15-19-27-32/h23-26,30,32H,3-22,27-28H2,1-2H3. The van der Waals surface area contributed by atoms with Gasteiger partial charge in [0.25, 0.3) is 0 Å². The highest BCUT2D eigenvalue weighted by Crippen LogP contribution is 2.22. The van der Waals surface area contributed by atoms with Gasteiger partial charge in [0.2, 0.25) is 0 Å². The highest BCUT2D eigenvalue weighted by atomic mass is 16.5. The number of aryl methyl sites for hydroxylation is 1. The summed E-state index contributed by atoms with van der Waals surface area (Å²) in [7, 11) is 0. The van der Waals surface area contributed by atoms with Crippen molar-refractivity contribution in [1.29, 1.82) is 0 Å². The molecule has 0 heterocycles. The molecule has 2 nitrogen and oxygen atoms in total. The molecule has 0 fully saturated rings. The summed E-state index contributed by atoms with van der Waals surface area (Å²) in [5.41, 5.74) is 1.38. The van der Waals surface area contributed by atoms with Crippen LogP contribution in [-0.2, 0) is 6.42 Å². The van der Waals surface area contributed by atoms with Gasteiger partial charge in [0.15, 0.2) is 0 Å². The molecule has 33 heavy (non-hydrogen) atoms. The molecule has 0 aromatic heterocycles. The first-order valence-corrected chi connectivity index (χ1v) is 14.6. The van der Waals surface area contributed by atoms with E-state index < -0.39 is 0 Å². The second-order valence-electron chi connectivity index (χ2n) is 10.2. The normalized spacial score (nSPS) is 12.2. The number of benzene rings is 1. The lowest BCUT2D eigenvalue weighted by Crippen LogP contribution is -2.12. The van der Waals surface area contributed by atoms with Crippen LogP contribution in [-0.4, -0.2) is 18.3 Å². The Morgan fingerprint density at radius 3 is 1.61 bits per heavy atom. The summed E-state index contributed by atoms with van der Waals surface area (Å²) in [5.74, 6) is 1.73. The van der Waals surface area contributed by atoms with E-state index in [-0.39, 0.29) is 0 Å². The molecule has 0 saturated carbocycles. The van der Waals surface area contributed by atoms with Gasteiger partial charge in [0.05, 0.1) is 6.61 Å². The lowest BCUT2D eigenvalue weighted by atomic mass is 9.94. The van der Waals surface area contributed by atoms with Crippen LogP contribution in [0.15, 0.2) is 24.3 Å². The quantitative estimate of drug-likeness (QED) is 0.156. The van der Waals surface area contributed by atoms with Crippen LogP contribution in [0.2, 0.25) is 0 Å². The number of hydrogen-bond donors (Lipinski definition) is 1. The zero-order valence-corrected chi connectivity index (χ0v) is 22.3.